The van der Waals surface area contributed by atoms with Crippen LogP contribution in [0.2, 0.25) is 0 Å². The first-order valence-electron chi connectivity index (χ1n) is 9.11. The summed E-state index contributed by atoms with van der Waals surface area (Å²) in [5, 5.41) is 8.53. The van der Waals surface area contributed by atoms with Crippen molar-refractivity contribution >= 4 is 29.2 Å². The van der Waals surface area contributed by atoms with Crippen LogP contribution in [0.3, 0.4) is 0 Å². The van der Waals surface area contributed by atoms with Crippen molar-refractivity contribution in [2.45, 2.75) is 57.3 Å². The zero-order valence-corrected chi connectivity index (χ0v) is 16.0. The van der Waals surface area contributed by atoms with Crippen LogP contribution in [0.25, 0.3) is 10.9 Å². The van der Waals surface area contributed by atoms with Crippen LogP contribution in [0.4, 0.5) is 0 Å². The SMILES string of the molecule is CCn1nc(C(=O)N(C)C2CC3CCC(C2)N3)c(=O)c2ccccc21.Cl. The van der Waals surface area contributed by atoms with E-state index in [1.807, 2.05) is 32.2 Å². The molecule has 2 aromatic rings. The van der Waals surface area contributed by atoms with E-state index in [-0.39, 0.29) is 35.5 Å². The molecule has 2 unspecified atom stereocenters. The van der Waals surface area contributed by atoms with Crippen molar-refractivity contribution < 1.29 is 4.79 Å². The van der Waals surface area contributed by atoms with Gasteiger partial charge in [0.15, 0.2) is 5.69 Å². The molecular formula is C19H25ClN4O2. The standard InChI is InChI=1S/C19H24N4O2.ClH/c1-3-23-16-7-5-4-6-15(16)18(24)17(21-23)19(25)22(2)14-10-12-8-9-13(11-14)20-12;/h4-7,12-14,20H,3,8-11H2,1-2H3;1H. The Hall–Kier alpha value is -1.92. The molecule has 1 aromatic carbocycles. The lowest BCUT2D eigenvalue weighted by atomic mass is 9.98. The molecule has 1 aromatic heterocycles. The topological polar surface area (TPSA) is 67.2 Å². The lowest BCUT2D eigenvalue weighted by molar-refractivity contribution is 0.0672. The van der Waals surface area contributed by atoms with Crippen molar-refractivity contribution in [3.05, 3.63) is 40.2 Å². The largest absolute Gasteiger partial charge is 0.337 e. The van der Waals surface area contributed by atoms with Gasteiger partial charge in [0.1, 0.15) is 0 Å². The van der Waals surface area contributed by atoms with Gasteiger partial charge in [0.2, 0.25) is 5.43 Å². The van der Waals surface area contributed by atoms with E-state index in [0.29, 0.717) is 24.0 Å². The third-order valence-corrected chi connectivity index (χ3v) is 5.68. The first-order chi connectivity index (χ1) is 12.1. The van der Waals surface area contributed by atoms with Gasteiger partial charge in [-0.05, 0) is 44.7 Å². The van der Waals surface area contributed by atoms with Gasteiger partial charge in [-0.25, -0.2) is 0 Å². The monoisotopic (exact) mass is 376 g/mol. The first-order valence-corrected chi connectivity index (χ1v) is 9.11. The summed E-state index contributed by atoms with van der Waals surface area (Å²) in [5.41, 5.74) is 0.539. The van der Waals surface area contributed by atoms with Crippen molar-refractivity contribution in [1.29, 1.82) is 0 Å². The van der Waals surface area contributed by atoms with Gasteiger partial charge in [0, 0.05) is 37.1 Å². The molecule has 2 saturated heterocycles. The van der Waals surface area contributed by atoms with E-state index in [1.165, 1.54) is 12.8 Å². The number of aromatic nitrogens is 2. The molecule has 0 radical (unpaired) electrons. The molecule has 2 aliphatic rings. The second-order valence-corrected chi connectivity index (χ2v) is 7.19. The van der Waals surface area contributed by atoms with Crippen molar-refractivity contribution in [2.24, 2.45) is 0 Å². The molecule has 2 aliphatic heterocycles. The summed E-state index contributed by atoms with van der Waals surface area (Å²) in [5.74, 6) is -0.260. The highest BCUT2D eigenvalue weighted by Crippen LogP contribution is 2.29. The molecule has 3 heterocycles. The molecule has 1 amide bonds. The van der Waals surface area contributed by atoms with Crippen molar-refractivity contribution in [2.75, 3.05) is 7.05 Å². The summed E-state index contributed by atoms with van der Waals surface area (Å²) in [7, 11) is 1.81. The van der Waals surface area contributed by atoms with Gasteiger partial charge < -0.3 is 10.2 Å². The van der Waals surface area contributed by atoms with Crippen LogP contribution < -0.4 is 10.7 Å². The predicted octanol–water partition coefficient (Wildman–Crippen LogP) is 2.19. The van der Waals surface area contributed by atoms with E-state index in [0.717, 1.165) is 18.4 Å². The number of halogens is 1. The molecule has 0 aliphatic carbocycles. The van der Waals surface area contributed by atoms with Crippen LogP contribution >= 0.6 is 12.4 Å². The highest BCUT2D eigenvalue weighted by Gasteiger charge is 2.37. The van der Waals surface area contributed by atoms with Crippen LogP contribution in [0.1, 0.15) is 43.1 Å². The van der Waals surface area contributed by atoms with Crippen molar-refractivity contribution in [1.82, 2.24) is 20.0 Å². The molecule has 4 rings (SSSR count). The van der Waals surface area contributed by atoms with E-state index >= 15 is 0 Å². The zero-order valence-electron chi connectivity index (χ0n) is 15.1. The minimum Gasteiger partial charge on any atom is -0.337 e. The number of aryl methyl sites for hydroxylation is 1. The fraction of sp³-hybridized carbons (Fsp3) is 0.526. The molecule has 6 nitrogen and oxygen atoms in total. The van der Waals surface area contributed by atoms with E-state index in [2.05, 4.69) is 10.4 Å². The molecule has 7 heteroatoms. The Morgan fingerprint density at radius 3 is 2.58 bits per heavy atom. The summed E-state index contributed by atoms with van der Waals surface area (Å²) in [6.07, 6.45) is 4.27. The van der Waals surface area contributed by atoms with Gasteiger partial charge in [0.05, 0.1) is 5.52 Å². The second-order valence-electron chi connectivity index (χ2n) is 7.19. The van der Waals surface area contributed by atoms with E-state index in [1.54, 1.807) is 15.6 Å². The number of fused-ring (bicyclic) bond motifs is 3. The molecule has 2 bridgehead atoms. The highest BCUT2D eigenvalue weighted by molar-refractivity contribution is 5.95. The normalized spacial score (nSPS) is 24.3. The maximum absolute atomic E-state index is 13.0. The summed E-state index contributed by atoms with van der Waals surface area (Å²) >= 11 is 0. The predicted molar refractivity (Wildman–Crippen MR) is 104 cm³/mol. The minimum atomic E-state index is -0.269. The second kappa shape index (κ2) is 7.37. The van der Waals surface area contributed by atoms with Crippen LogP contribution in [0, 0.1) is 0 Å². The maximum Gasteiger partial charge on any atom is 0.278 e. The summed E-state index contributed by atoms with van der Waals surface area (Å²) < 4.78 is 1.74. The molecule has 0 saturated carbocycles. The summed E-state index contributed by atoms with van der Waals surface area (Å²) in [6, 6.07) is 8.52. The Morgan fingerprint density at radius 1 is 1.27 bits per heavy atom. The number of benzene rings is 1. The molecule has 140 valence electrons. The van der Waals surface area contributed by atoms with Crippen LogP contribution in [-0.4, -0.2) is 45.8 Å². The van der Waals surface area contributed by atoms with Crippen molar-refractivity contribution in [3.63, 3.8) is 0 Å². The molecule has 2 fully saturated rings. The number of piperidine rings is 1. The number of amides is 1. The smallest absolute Gasteiger partial charge is 0.278 e. The third kappa shape index (κ3) is 3.12. The van der Waals surface area contributed by atoms with E-state index < -0.39 is 0 Å². The lowest BCUT2D eigenvalue weighted by Crippen LogP contribution is -2.49. The fourth-order valence-electron chi connectivity index (χ4n) is 4.30. The lowest BCUT2D eigenvalue weighted by Gasteiger charge is -2.35. The molecular weight excluding hydrogens is 352 g/mol. The van der Waals surface area contributed by atoms with Gasteiger partial charge in [0.25, 0.3) is 5.91 Å². The number of rotatable bonds is 3. The zero-order chi connectivity index (χ0) is 17.6. The Balaban J connectivity index is 0.00000196. The number of carbonyl (C=O) groups excluding carboxylic acids is 1. The van der Waals surface area contributed by atoms with E-state index in [9.17, 15) is 9.59 Å². The van der Waals surface area contributed by atoms with Crippen LogP contribution in [-0.2, 0) is 6.54 Å². The number of hydrogen-bond donors (Lipinski definition) is 1. The van der Waals surface area contributed by atoms with Gasteiger partial charge in [-0.2, -0.15) is 5.10 Å². The van der Waals surface area contributed by atoms with Gasteiger partial charge in [-0.1, -0.05) is 12.1 Å². The number of carbonyl (C=O) groups is 1. The van der Waals surface area contributed by atoms with Gasteiger partial charge in [-0.15, -0.1) is 12.4 Å². The highest BCUT2D eigenvalue weighted by atomic mass is 35.5. The number of para-hydroxylation sites is 1. The average molecular weight is 377 g/mol. The third-order valence-electron chi connectivity index (χ3n) is 5.68. The number of hydrogen-bond acceptors (Lipinski definition) is 4. The first kappa shape index (κ1) is 18.9. The van der Waals surface area contributed by atoms with Gasteiger partial charge in [-0.3, -0.25) is 14.3 Å². The average Bonchev–Trinajstić information content (AvgIpc) is 2.99. The molecule has 26 heavy (non-hydrogen) atoms. The number of nitrogens with zero attached hydrogens (tertiary/aromatic N) is 3. The summed E-state index contributed by atoms with van der Waals surface area (Å²) in [4.78, 5) is 27.6. The molecule has 1 N–H and O–H groups in total. The maximum atomic E-state index is 13.0. The fourth-order valence-corrected chi connectivity index (χ4v) is 4.30. The Bertz CT molecular complexity index is 869. The number of nitrogens with one attached hydrogen (secondary N) is 1. The van der Waals surface area contributed by atoms with Crippen LogP contribution in [0.5, 0.6) is 0 Å². The van der Waals surface area contributed by atoms with Crippen LogP contribution in [0.15, 0.2) is 29.1 Å². The Kier molecular flexibility index (Phi) is 5.34. The van der Waals surface area contributed by atoms with Crippen molar-refractivity contribution in [3.8, 4) is 0 Å². The Morgan fingerprint density at radius 2 is 1.92 bits per heavy atom. The quantitative estimate of drug-likeness (QED) is 0.891. The minimum absolute atomic E-state index is 0. The van der Waals surface area contributed by atoms with Gasteiger partial charge >= 0.3 is 0 Å². The van der Waals surface area contributed by atoms with E-state index in [4.69, 9.17) is 0 Å². The summed E-state index contributed by atoms with van der Waals surface area (Å²) in [6.45, 7) is 2.58. The Labute approximate surface area is 159 Å². The molecule has 0 spiro atoms. The molecule has 2 atom stereocenters.